The number of hydrogen-bond donors (Lipinski definition) is 1. The molecule has 7 heteroatoms. The maximum absolute atomic E-state index is 5.93. The topological polar surface area (TPSA) is 75.2 Å². The van der Waals surface area contributed by atoms with Gasteiger partial charge in [-0.05, 0) is 26.0 Å². The number of hydrogen-bond acceptors (Lipinski definition) is 6. The van der Waals surface area contributed by atoms with Crippen molar-refractivity contribution < 1.29 is 9.47 Å². The summed E-state index contributed by atoms with van der Waals surface area (Å²) in [6.45, 7) is 4.65. The fourth-order valence-electron chi connectivity index (χ4n) is 2.18. The lowest BCUT2D eigenvalue weighted by atomic mass is 10.3. The summed E-state index contributed by atoms with van der Waals surface area (Å²) in [6, 6.07) is 7.93. The Labute approximate surface area is 127 Å². The zero-order chi connectivity index (χ0) is 14.8. The summed E-state index contributed by atoms with van der Waals surface area (Å²) in [7, 11) is 0. The lowest BCUT2D eigenvalue weighted by Crippen LogP contribution is -2.31. The fourth-order valence-corrected chi connectivity index (χ4v) is 3.23. The summed E-state index contributed by atoms with van der Waals surface area (Å²) in [4.78, 5) is 0. The Kier molecular flexibility index (Phi) is 3.92. The molecule has 2 N–H and O–H groups in total. The molecule has 0 amide bonds. The van der Waals surface area contributed by atoms with E-state index in [2.05, 4.69) is 24.0 Å². The molecule has 2 heterocycles. The molecule has 1 aliphatic rings. The average Bonchev–Trinajstić information content (AvgIpc) is 2.86. The van der Waals surface area contributed by atoms with Crippen molar-refractivity contribution in [3.05, 3.63) is 24.3 Å². The highest BCUT2D eigenvalue weighted by Gasteiger charge is 2.22. The molecule has 0 saturated heterocycles. The van der Waals surface area contributed by atoms with Gasteiger partial charge in [0.25, 0.3) is 0 Å². The van der Waals surface area contributed by atoms with Gasteiger partial charge in [0.15, 0.2) is 16.7 Å². The van der Waals surface area contributed by atoms with Crippen LogP contribution in [0, 0.1) is 0 Å². The molecule has 0 saturated carbocycles. The highest BCUT2D eigenvalue weighted by molar-refractivity contribution is 7.99. The third kappa shape index (κ3) is 2.92. The van der Waals surface area contributed by atoms with Crippen LogP contribution in [0.4, 0.5) is 5.95 Å². The monoisotopic (exact) mass is 306 g/mol. The first-order valence-electron chi connectivity index (χ1n) is 6.87. The smallest absolute Gasteiger partial charge is 0.222 e. The van der Waals surface area contributed by atoms with Gasteiger partial charge in [-0.2, -0.15) is 0 Å². The molecule has 0 radical (unpaired) electrons. The van der Waals surface area contributed by atoms with E-state index in [1.807, 2.05) is 28.8 Å². The van der Waals surface area contributed by atoms with Crippen LogP contribution in [0.5, 0.6) is 11.5 Å². The third-order valence-corrected chi connectivity index (χ3v) is 4.25. The van der Waals surface area contributed by atoms with Crippen molar-refractivity contribution in [2.45, 2.75) is 31.1 Å². The second-order valence-corrected chi connectivity index (χ2v) is 6.10. The number of aromatic nitrogens is 3. The Morgan fingerprint density at radius 3 is 2.86 bits per heavy atom. The standard InChI is InChI=1S/C14H18N4O2S/c1-9(2)18-13(15)16-17-14(18)21-8-10-7-19-11-5-3-4-6-12(11)20-10/h3-6,9-10H,7-8H2,1-2H3,(H2,15,16). The second kappa shape index (κ2) is 5.85. The predicted octanol–water partition coefficient (Wildman–Crippen LogP) is 2.37. The van der Waals surface area contributed by atoms with Crippen molar-refractivity contribution >= 4 is 17.7 Å². The van der Waals surface area contributed by atoms with Crippen molar-refractivity contribution in [3.63, 3.8) is 0 Å². The fraction of sp³-hybridized carbons (Fsp3) is 0.429. The molecular weight excluding hydrogens is 288 g/mol. The van der Waals surface area contributed by atoms with E-state index in [-0.39, 0.29) is 12.1 Å². The van der Waals surface area contributed by atoms with Gasteiger partial charge in [0, 0.05) is 11.8 Å². The number of nitrogen functional groups attached to an aromatic ring is 1. The van der Waals surface area contributed by atoms with Gasteiger partial charge >= 0.3 is 0 Å². The first-order valence-corrected chi connectivity index (χ1v) is 7.85. The number of fused-ring (bicyclic) bond motifs is 1. The maximum atomic E-state index is 5.93. The molecule has 0 spiro atoms. The first-order chi connectivity index (χ1) is 10.1. The molecule has 0 bridgehead atoms. The van der Waals surface area contributed by atoms with E-state index in [4.69, 9.17) is 15.2 Å². The molecule has 1 unspecified atom stereocenters. The van der Waals surface area contributed by atoms with E-state index in [0.29, 0.717) is 12.6 Å². The van der Waals surface area contributed by atoms with Gasteiger partial charge in [0.05, 0.1) is 0 Å². The van der Waals surface area contributed by atoms with Crippen molar-refractivity contribution in [2.24, 2.45) is 0 Å². The molecule has 1 aliphatic heterocycles. The van der Waals surface area contributed by atoms with Crippen LogP contribution in [0.3, 0.4) is 0 Å². The van der Waals surface area contributed by atoms with Gasteiger partial charge in [-0.15, -0.1) is 10.2 Å². The number of ether oxygens (including phenoxy) is 2. The minimum atomic E-state index is -0.0107. The second-order valence-electron chi connectivity index (χ2n) is 5.11. The summed E-state index contributed by atoms with van der Waals surface area (Å²) in [5.41, 5.74) is 5.83. The number of anilines is 1. The van der Waals surface area contributed by atoms with E-state index >= 15 is 0 Å². The summed E-state index contributed by atoms with van der Waals surface area (Å²) in [5, 5.41) is 8.87. The van der Waals surface area contributed by atoms with Crippen LogP contribution >= 0.6 is 11.8 Å². The molecule has 6 nitrogen and oxygen atoms in total. The number of nitrogens with zero attached hydrogens (tertiary/aromatic N) is 3. The normalized spacial score (nSPS) is 17.2. The molecule has 1 aromatic carbocycles. The van der Waals surface area contributed by atoms with Gasteiger partial charge in [0.1, 0.15) is 12.7 Å². The van der Waals surface area contributed by atoms with Crippen molar-refractivity contribution in [3.8, 4) is 11.5 Å². The molecule has 0 aliphatic carbocycles. The average molecular weight is 306 g/mol. The quantitative estimate of drug-likeness (QED) is 0.874. The molecule has 112 valence electrons. The Morgan fingerprint density at radius 1 is 1.33 bits per heavy atom. The first kappa shape index (κ1) is 14.1. The lowest BCUT2D eigenvalue weighted by molar-refractivity contribution is 0.107. The Hall–Kier alpha value is -1.89. The zero-order valence-electron chi connectivity index (χ0n) is 12.0. The van der Waals surface area contributed by atoms with Gasteiger partial charge < -0.3 is 15.2 Å². The Morgan fingerprint density at radius 2 is 2.10 bits per heavy atom. The molecule has 21 heavy (non-hydrogen) atoms. The van der Waals surface area contributed by atoms with Crippen LogP contribution in [0.1, 0.15) is 19.9 Å². The van der Waals surface area contributed by atoms with Gasteiger partial charge in [-0.3, -0.25) is 4.57 Å². The van der Waals surface area contributed by atoms with E-state index in [1.54, 1.807) is 11.8 Å². The summed E-state index contributed by atoms with van der Waals surface area (Å²) < 4.78 is 13.5. The Bertz CT molecular complexity index is 629. The third-order valence-electron chi connectivity index (χ3n) is 3.17. The van der Waals surface area contributed by atoms with Gasteiger partial charge in [-0.1, -0.05) is 23.9 Å². The van der Waals surface area contributed by atoms with E-state index in [0.717, 1.165) is 22.4 Å². The van der Waals surface area contributed by atoms with Gasteiger partial charge in [-0.25, -0.2) is 0 Å². The van der Waals surface area contributed by atoms with E-state index in [9.17, 15) is 0 Å². The SMILES string of the molecule is CC(C)n1c(N)nnc1SCC1COc2ccccc2O1. The molecule has 0 fully saturated rings. The zero-order valence-corrected chi connectivity index (χ0v) is 12.8. The summed E-state index contributed by atoms with van der Waals surface area (Å²) >= 11 is 1.58. The van der Waals surface area contributed by atoms with Crippen LogP contribution in [-0.2, 0) is 0 Å². The number of para-hydroxylation sites is 2. The Balaban J connectivity index is 1.65. The number of thioether (sulfide) groups is 1. The minimum Gasteiger partial charge on any atom is -0.486 e. The van der Waals surface area contributed by atoms with Crippen LogP contribution in [0.2, 0.25) is 0 Å². The molecule has 1 aromatic heterocycles. The van der Waals surface area contributed by atoms with E-state index < -0.39 is 0 Å². The number of benzene rings is 1. The molecule has 3 rings (SSSR count). The van der Waals surface area contributed by atoms with E-state index in [1.165, 1.54) is 0 Å². The van der Waals surface area contributed by atoms with Crippen molar-refractivity contribution in [2.75, 3.05) is 18.1 Å². The maximum Gasteiger partial charge on any atom is 0.222 e. The predicted molar refractivity (Wildman–Crippen MR) is 81.9 cm³/mol. The molecule has 2 aromatic rings. The number of rotatable bonds is 4. The largest absolute Gasteiger partial charge is 0.486 e. The van der Waals surface area contributed by atoms with Crippen LogP contribution in [0.15, 0.2) is 29.4 Å². The van der Waals surface area contributed by atoms with Gasteiger partial charge in [0.2, 0.25) is 5.95 Å². The van der Waals surface area contributed by atoms with Crippen molar-refractivity contribution in [1.29, 1.82) is 0 Å². The van der Waals surface area contributed by atoms with Crippen LogP contribution in [0.25, 0.3) is 0 Å². The highest BCUT2D eigenvalue weighted by Crippen LogP contribution is 2.32. The highest BCUT2D eigenvalue weighted by atomic mass is 32.2. The lowest BCUT2D eigenvalue weighted by Gasteiger charge is -2.26. The summed E-state index contributed by atoms with van der Waals surface area (Å²) in [5.74, 6) is 2.77. The molecule has 1 atom stereocenters. The number of nitrogens with two attached hydrogens (primary N) is 1. The molecular formula is C14H18N4O2S. The minimum absolute atomic E-state index is 0.0107. The summed E-state index contributed by atoms with van der Waals surface area (Å²) in [6.07, 6.45) is -0.0107. The van der Waals surface area contributed by atoms with Crippen LogP contribution < -0.4 is 15.2 Å². The van der Waals surface area contributed by atoms with Crippen molar-refractivity contribution in [1.82, 2.24) is 14.8 Å². The van der Waals surface area contributed by atoms with Crippen LogP contribution in [-0.4, -0.2) is 33.2 Å².